The molecule has 1 aliphatic carbocycles. The van der Waals surface area contributed by atoms with Gasteiger partial charge in [-0.25, -0.2) is 0 Å². The maximum Gasteiger partial charge on any atom is 0.0403 e. The van der Waals surface area contributed by atoms with E-state index < -0.39 is 0 Å². The summed E-state index contributed by atoms with van der Waals surface area (Å²) in [6.07, 6.45) is 4.01. The van der Waals surface area contributed by atoms with Crippen molar-refractivity contribution in [1.29, 1.82) is 0 Å². The third kappa shape index (κ3) is 2.06. The molecule has 92 valence electrons. The lowest BCUT2D eigenvalue weighted by molar-refractivity contribution is 0.550. The van der Waals surface area contributed by atoms with E-state index in [0.29, 0.717) is 0 Å². The molecular formula is C15H22N2. The van der Waals surface area contributed by atoms with Crippen molar-refractivity contribution in [2.24, 2.45) is 11.7 Å². The van der Waals surface area contributed by atoms with Crippen molar-refractivity contribution in [1.82, 2.24) is 0 Å². The molecule has 1 saturated carbocycles. The predicted octanol–water partition coefficient (Wildman–Crippen LogP) is 2.65. The molecular weight excluding hydrogens is 208 g/mol. The van der Waals surface area contributed by atoms with Crippen LogP contribution in [-0.4, -0.2) is 13.1 Å². The van der Waals surface area contributed by atoms with Crippen molar-refractivity contribution >= 4 is 5.69 Å². The number of rotatable bonds is 3. The topological polar surface area (TPSA) is 29.3 Å². The lowest BCUT2D eigenvalue weighted by Crippen LogP contribution is -2.29. The minimum absolute atomic E-state index is 0.221. The van der Waals surface area contributed by atoms with E-state index >= 15 is 0 Å². The van der Waals surface area contributed by atoms with Crippen molar-refractivity contribution in [3.8, 4) is 0 Å². The van der Waals surface area contributed by atoms with Crippen LogP contribution in [0, 0.1) is 5.92 Å². The summed E-state index contributed by atoms with van der Waals surface area (Å²) < 4.78 is 0. The first-order chi connectivity index (χ1) is 8.05. The molecule has 1 fully saturated rings. The Labute approximate surface area is 104 Å². The molecule has 0 bridgehead atoms. The fourth-order valence-corrected chi connectivity index (χ4v) is 2.91. The molecule has 0 amide bonds. The fourth-order valence-electron chi connectivity index (χ4n) is 2.91. The first-order valence-corrected chi connectivity index (χ1v) is 6.72. The summed E-state index contributed by atoms with van der Waals surface area (Å²) in [6.45, 7) is 6.64. The number of hydrogen-bond acceptors (Lipinski definition) is 2. The molecule has 1 aromatic carbocycles. The van der Waals surface area contributed by atoms with Crippen LogP contribution in [0.3, 0.4) is 0 Å². The van der Waals surface area contributed by atoms with Crippen molar-refractivity contribution in [3.63, 3.8) is 0 Å². The number of nitrogens with two attached hydrogens (primary N) is 1. The predicted molar refractivity (Wildman–Crippen MR) is 72.3 cm³/mol. The van der Waals surface area contributed by atoms with Gasteiger partial charge in [-0.15, -0.1) is 0 Å². The highest BCUT2D eigenvalue weighted by molar-refractivity contribution is 5.62. The minimum Gasteiger partial charge on any atom is -0.371 e. The molecule has 0 atom stereocenters. The number of nitrogens with zero attached hydrogens (tertiary/aromatic N) is 1. The van der Waals surface area contributed by atoms with Crippen molar-refractivity contribution in [3.05, 3.63) is 29.3 Å². The highest BCUT2D eigenvalue weighted by atomic mass is 15.2. The Kier molecular flexibility index (Phi) is 2.44. The van der Waals surface area contributed by atoms with Gasteiger partial charge in [0.2, 0.25) is 0 Å². The largest absolute Gasteiger partial charge is 0.371 e. The van der Waals surface area contributed by atoms with E-state index in [2.05, 4.69) is 36.9 Å². The van der Waals surface area contributed by atoms with Crippen LogP contribution >= 0.6 is 0 Å². The molecule has 2 N–H and O–H groups in total. The van der Waals surface area contributed by atoms with Crippen LogP contribution in [0.15, 0.2) is 18.2 Å². The Morgan fingerprint density at radius 2 is 2.12 bits per heavy atom. The van der Waals surface area contributed by atoms with E-state index in [-0.39, 0.29) is 5.54 Å². The van der Waals surface area contributed by atoms with Gasteiger partial charge in [-0.3, -0.25) is 0 Å². The van der Waals surface area contributed by atoms with E-state index in [0.717, 1.165) is 5.92 Å². The van der Waals surface area contributed by atoms with Crippen LogP contribution < -0.4 is 10.6 Å². The quantitative estimate of drug-likeness (QED) is 0.865. The molecule has 2 nitrogen and oxygen atoms in total. The number of benzene rings is 1. The van der Waals surface area contributed by atoms with Crippen molar-refractivity contribution in [2.75, 3.05) is 18.0 Å². The van der Waals surface area contributed by atoms with E-state index in [1.807, 2.05) is 0 Å². The second kappa shape index (κ2) is 3.74. The summed E-state index contributed by atoms with van der Waals surface area (Å²) in [5.74, 6) is 0.954. The molecule has 0 spiro atoms. The van der Waals surface area contributed by atoms with Crippen molar-refractivity contribution in [2.45, 2.75) is 38.6 Å². The van der Waals surface area contributed by atoms with Gasteiger partial charge in [0, 0.05) is 24.3 Å². The molecule has 1 aliphatic heterocycles. The molecule has 3 rings (SSSR count). The summed E-state index contributed by atoms with van der Waals surface area (Å²) in [4.78, 5) is 2.56. The molecule has 1 heterocycles. The summed E-state index contributed by atoms with van der Waals surface area (Å²) in [5.41, 5.74) is 10.3. The molecule has 0 radical (unpaired) electrons. The Bertz CT molecular complexity index is 427. The highest BCUT2D eigenvalue weighted by Gasteiger charge is 2.30. The average molecular weight is 230 g/mol. The van der Waals surface area contributed by atoms with E-state index in [4.69, 9.17) is 5.73 Å². The number of hydrogen-bond donors (Lipinski definition) is 1. The van der Waals surface area contributed by atoms with Crippen LogP contribution in [0.25, 0.3) is 0 Å². The second-order valence-electron chi connectivity index (χ2n) is 6.16. The van der Waals surface area contributed by atoms with Gasteiger partial charge >= 0.3 is 0 Å². The van der Waals surface area contributed by atoms with Crippen LogP contribution in [0.2, 0.25) is 0 Å². The molecule has 2 aliphatic rings. The van der Waals surface area contributed by atoms with E-state index in [1.54, 1.807) is 0 Å². The lowest BCUT2D eigenvalue weighted by Gasteiger charge is -2.24. The fraction of sp³-hybridized carbons (Fsp3) is 0.600. The van der Waals surface area contributed by atoms with Crippen LogP contribution in [0.4, 0.5) is 5.69 Å². The molecule has 0 saturated heterocycles. The van der Waals surface area contributed by atoms with Gasteiger partial charge in [0.25, 0.3) is 0 Å². The van der Waals surface area contributed by atoms with Crippen LogP contribution in [0.5, 0.6) is 0 Å². The normalized spacial score (nSPS) is 19.6. The monoisotopic (exact) mass is 230 g/mol. The summed E-state index contributed by atoms with van der Waals surface area (Å²) in [7, 11) is 0. The first-order valence-electron chi connectivity index (χ1n) is 6.72. The maximum atomic E-state index is 6.27. The Morgan fingerprint density at radius 1 is 1.35 bits per heavy atom. The minimum atomic E-state index is -0.221. The Balaban J connectivity index is 1.93. The van der Waals surface area contributed by atoms with Gasteiger partial charge in [-0.05, 0) is 56.2 Å². The zero-order valence-corrected chi connectivity index (χ0v) is 10.9. The Morgan fingerprint density at radius 3 is 2.76 bits per heavy atom. The number of anilines is 1. The third-order valence-corrected chi connectivity index (χ3v) is 3.99. The third-order valence-electron chi connectivity index (χ3n) is 3.99. The zero-order chi connectivity index (χ0) is 12.0. The van der Waals surface area contributed by atoms with E-state index in [1.165, 1.54) is 49.2 Å². The van der Waals surface area contributed by atoms with Gasteiger partial charge in [-0.2, -0.15) is 0 Å². The van der Waals surface area contributed by atoms with Gasteiger partial charge in [0.1, 0.15) is 0 Å². The molecule has 1 aromatic rings. The maximum absolute atomic E-state index is 6.27. The lowest BCUT2D eigenvalue weighted by atomic mass is 9.90. The first kappa shape index (κ1) is 11.1. The average Bonchev–Trinajstić information content (AvgIpc) is 2.97. The van der Waals surface area contributed by atoms with Crippen LogP contribution in [0.1, 0.15) is 37.8 Å². The number of fused-ring (bicyclic) bond motifs is 1. The van der Waals surface area contributed by atoms with Gasteiger partial charge < -0.3 is 10.6 Å². The summed E-state index contributed by atoms with van der Waals surface area (Å²) in [6, 6.07) is 6.62. The van der Waals surface area contributed by atoms with Crippen LogP contribution in [-0.2, 0) is 12.0 Å². The van der Waals surface area contributed by atoms with Crippen molar-refractivity contribution < 1.29 is 0 Å². The van der Waals surface area contributed by atoms with Gasteiger partial charge in [0.15, 0.2) is 0 Å². The van der Waals surface area contributed by atoms with Gasteiger partial charge in [-0.1, -0.05) is 12.1 Å². The zero-order valence-electron chi connectivity index (χ0n) is 10.9. The summed E-state index contributed by atoms with van der Waals surface area (Å²) in [5, 5.41) is 0. The van der Waals surface area contributed by atoms with E-state index in [9.17, 15) is 0 Å². The smallest absolute Gasteiger partial charge is 0.0403 e. The SMILES string of the molecule is CC(C)(N)c1cccc2c1CCN2CC1CC1. The highest BCUT2D eigenvalue weighted by Crippen LogP contribution is 2.38. The molecule has 2 heteroatoms. The molecule has 0 unspecified atom stereocenters. The standard InChI is InChI=1S/C15H22N2/c1-15(2,16)13-4-3-5-14-12(13)8-9-17(14)10-11-6-7-11/h3-5,11H,6-10,16H2,1-2H3. The second-order valence-corrected chi connectivity index (χ2v) is 6.16. The van der Waals surface area contributed by atoms with Gasteiger partial charge in [0.05, 0.1) is 0 Å². The Hall–Kier alpha value is -1.02. The molecule has 0 aromatic heterocycles. The molecule has 17 heavy (non-hydrogen) atoms. The summed E-state index contributed by atoms with van der Waals surface area (Å²) >= 11 is 0.